The van der Waals surface area contributed by atoms with Crippen LogP contribution in [0.1, 0.15) is 40.0 Å². The fourth-order valence-electron chi connectivity index (χ4n) is 1.26. The van der Waals surface area contributed by atoms with Gasteiger partial charge in [-0.25, -0.2) is 0 Å². The van der Waals surface area contributed by atoms with Crippen molar-refractivity contribution in [1.29, 1.82) is 0 Å². The second kappa shape index (κ2) is 5.45. The SMILES string of the molecule is CCCC(C)C([C-]=O)CC. The lowest BCUT2D eigenvalue weighted by Gasteiger charge is -2.24. The van der Waals surface area contributed by atoms with Crippen LogP contribution in [0.5, 0.6) is 0 Å². The van der Waals surface area contributed by atoms with Crippen LogP contribution >= 0.6 is 0 Å². The first-order chi connectivity index (χ1) is 4.76. The van der Waals surface area contributed by atoms with Crippen LogP contribution < -0.4 is 0 Å². The summed E-state index contributed by atoms with van der Waals surface area (Å²) in [6.07, 6.45) is 5.33. The van der Waals surface area contributed by atoms with E-state index in [1.807, 2.05) is 6.92 Å². The van der Waals surface area contributed by atoms with Gasteiger partial charge in [-0.3, -0.25) is 6.29 Å². The molecule has 0 amide bonds. The van der Waals surface area contributed by atoms with E-state index < -0.39 is 0 Å². The molecule has 0 rings (SSSR count). The standard InChI is InChI=1S/C9H17O/c1-4-6-8(3)9(5-2)7-10/h8-9H,4-6H2,1-3H3/q-1. The van der Waals surface area contributed by atoms with Gasteiger partial charge in [-0.1, -0.05) is 46.0 Å². The molecule has 0 aliphatic rings. The minimum absolute atomic E-state index is 0.167. The van der Waals surface area contributed by atoms with Gasteiger partial charge in [0.05, 0.1) is 0 Å². The summed E-state index contributed by atoms with van der Waals surface area (Å²) in [5.41, 5.74) is 0. The third-order valence-corrected chi connectivity index (χ3v) is 2.02. The molecule has 1 heteroatoms. The van der Waals surface area contributed by atoms with Crippen molar-refractivity contribution in [2.45, 2.75) is 40.0 Å². The third-order valence-electron chi connectivity index (χ3n) is 2.02. The summed E-state index contributed by atoms with van der Waals surface area (Å²) in [4.78, 5) is 10.3. The lowest BCUT2D eigenvalue weighted by Crippen LogP contribution is -2.11. The molecule has 0 aromatic heterocycles. The van der Waals surface area contributed by atoms with Crippen molar-refractivity contribution in [3.63, 3.8) is 0 Å². The molecule has 0 saturated heterocycles. The molecule has 0 aromatic carbocycles. The molecule has 0 saturated carbocycles. The Labute approximate surface area is 63.8 Å². The molecule has 0 aromatic rings. The average molecular weight is 141 g/mol. The van der Waals surface area contributed by atoms with Gasteiger partial charge >= 0.3 is 0 Å². The molecule has 0 aliphatic heterocycles. The predicted octanol–water partition coefficient (Wildman–Crippen LogP) is 2.56. The molecule has 2 unspecified atom stereocenters. The number of hydrogen-bond donors (Lipinski definition) is 0. The predicted molar refractivity (Wildman–Crippen MR) is 43.5 cm³/mol. The van der Waals surface area contributed by atoms with Crippen LogP contribution in [0, 0.1) is 11.8 Å². The summed E-state index contributed by atoms with van der Waals surface area (Å²) >= 11 is 0. The maximum absolute atomic E-state index is 10.3. The molecular formula is C9H17O-. The summed E-state index contributed by atoms with van der Waals surface area (Å²) in [7, 11) is 0. The van der Waals surface area contributed by atoms with E-state index in [4.69, 9.17) is 0 Å². The van der Waals surface area contributed by atoms with E-state index in [0.29, 0.717) is 5.92 Å². The van der Waals surface area contributed by atoms with Crippen molar-refractivity contribution in [2.75, 3.05) is 0 Å². The minimum atomic E-state index is 0.167. The van der Waals surface area contributed by atoms with Crippen LogP contribution in [0.15, 0.2) is 0 Å². The Morgan fingerprint density at radius 2 is 2.00 bits per heavy atom. The number of rotatable bonds is 5. The van der Waals surface area contributed by atoms with Gasteiger partial charge in [0.15, 0.2) is 0 Å². The Hall–Kier alpha value is -0.330. The van der Waals surface area contributed by atoms with Gasteiger partial charge in [0, 0.05) is 0 Å². The molecule has 0 N–H and O–H groups in total. The van der Waals surface area contributed by atoms with Crippen molar-refractivity contribution in [3.8, 4) is 0 Å². The smallest absolute Gasteiger partial charge is 0.0530 e. The highest BCUT2D eigenvalue weighted by atomic mass is 16.1. The normalized spacial score (nSPS) is 16.3. The molecule has 0 spiro atoms. The molecule has 0 aliphatic carbocycles. The first-order valence-corrected chi connectivity index (χ1v) is 4.13. The van der Waals surface area contributed by atoms with Crippen LogP contribution in [0.3, 0.4) is 0 Å². The molecule has 2 atom stereocenters. The maximum Gasteiger partial charge on any atom is -0.0530 e. The van der Waals surface area contributed by atoms with Gasteiger partial charge in [-0.2, -0.15) is 0 Å². The molecule has 0 heterocycles. The maximum atomic E-state index is 10.3. The van der Waals surface area contributed by atoms with Crippen LogP contribution in [-0.4, -0.2) is 6.29 Å². The van der Waals surface area contributed by atoms with E-state index in [0.717, 1.165) is 12.8 Å². The van der Waals surface area contributed by atoms with E-state index in [2.05, 4.69) is 20.1 Å². The third kappa shape index (κ3) is 3.00. The zero-order valence-electron chi connectivity index (χ0n) is 7.18. The van der Waals surface area contributed by atoms with Crippen LogP contribution in [0.25, 0.3) is 0 Å². The Morgan fingerprint density at radius 1 is 1.40 bits per heavy atom. The van der Waals surface area contributed by atoms with E-state index in [9.17, 15) is 4.79 Å². The quantitative estimate of drug-likeness (QED) is 0.538. The van der Waals surface area contributed by atoms with Crippen LogP contribution in [-0.2, 0) is 4.79 Å². The fraction of sp³-hybridized carbons (Fsp3) is 0.889. The monoisotopic (exact) mass is 141 g/mol. The van der Waals surface area contributed by atoms with Gasteiger partial charge in [-0.15, -0.1) is 5.92 Å². The molecule has 0 fully saturated rings. The fourth-order valence-corrected chi connectivity index (χ4v) is 1.26. The zero-order valence-corrected chi connectivity index (χ0v) is 7.18. The molecule has 0 radical (unpaired) electrons. The summed E-state index contributed by atoms with van der Waals surface area (Å²) < 4.78 is 0. The topological polar surface area (TPSA) is 17.1 Å². The highest BCUT2D eigenvalue weighted by molar-refractivity contribution is 5.54. The van der Waals surface area contributed by atoms with Crippen LogP contribution in [0.4, 0.5) is 0 Å². The molecule has 1 nitrogen and oxygen atoms in total. The molecule has 60 valence electrons. The molecule has 10 heavy (non-hydrogen) atoms. The van der Waals surface area contributed by atoms with Crippen molar-refractivity contribution in [2.24, 2.45) is 11.8 Å². The van der Waals surface area contributed by atoms with Crippen molar-refractivity contribution in [3.05, 3.63) is 0 Å². The second-order valence-electron chi connectivity index (χ2n) is 2.90. The summed E-state index contributed by atoms with van der Waals surface area (Å²) in [6.45, 7) is 6.32. The van der Waals surface area contributed by atoms with Gasteiger partial charge in [0.1, 0.15) is 0 Å². The first-order valence-electron chi connectivity index (χ1n) is 4.13. The summed E-state index contributed by atoms with van der Waals surface area (Å²) in [5, 5.41) is 0. The lowest BCUT2D eigenvalue weighted by atomic mass is 9.89. The Morgan fingerprint density at radius 3 is 2.30 bits per heavy atom. The van der Waals surface area contributed by atoms with E-state index in [-0.39, 0.29) is 5.92 Å². The Balaban J connectivity index is 3.63. The van der Waals surface area contributed by atoms with E-state index in [1.54, 1.807) is 0 Å². The van der Waals surface area contributed by atoms with Crippen molar-refractivity contribution >= 4 is 6.29 Å². The summed E-state index contributed by atoms with van der Waals surface area (Å²) in [6, 6.07) is 0. The van der Waals surface area contributed by atoms with Gasteiger partial charge in [-0.05, 0) is 0 Å². The Bertz CT molecular complexity index is 88.7. The number of hydrogen-bond acceptors (Lipinski definition) is 1. The van der Waals surface area contributed by atoms with Crippen LogP contribution in [0.2, 0.25) is 0 Å². The lowest BCUT2D eigenvalue weighted by molar-refractivity contribution is 0.388. The van der Waals surface area contributed by atoms with Crippen molar-refractivity contribution in [1.82, 2.24) is 0 Å². The van der Waals surface area contributed by atoms with Gasteiger partial charge in [0.2, 0.25) is 0 Å². The van der Waals surface area contributed by atoms with Crippen molar-refractivity contribution < 1.29 is 4.79 Å². The van der Waals surface area contributed by atoms with E-state index >= 15 is 0 Å². The minimum Gasteiger partial charge on any atom is -0.542 e. The molecule has 0 bridgehead atoms. The highest BCUT2D eigenvalue weighted by Crippen LogP contribution is 2.17. The Kier molecular flexibility index (Phi) is 5.27. The zero-order chi connectivity index (χ0) is 7.98. The largest absolute Gasteiger partial charge is 0.542 e. The van der Waals surface area contributed by atoms with Gasteiger partial charge < -0.3 is 4.79 Å². The first kappa shape index (κ1) is 9.67. The average Bonchev–Trinajstić information content (AvgIpc) is 1.91. The second-order valence-corrected chi connectivity index (χ2v) is 2.90. The van der Waals surface area contributed by atoms with E-state index in [1.165, 1.54) is 6.42 Å². The summed E-state index contributed by atoms with van der Waals surface area (Å²) in [5.74, 6) is 0.687. The molecular weight excluding hydrogens is 124 g/mol. The highest BCUT2D eigenvalue weighted by Gasteiger charge is 2.03. The number of carbonyl (C=O) groups excluding carboxylic acids is 1. The van der Waals surface area contributed by atoms with Gasteiger partial charge in [0.25, 0.3) is 0 Å².